The van der Waals surface area contributed by atoms with Gasteiger partial charge in [0, 0.05) is 0 Å². The monoisotopic (exact) mass is 383 g/mol. The van der Waals surface area contributed by atoms with Gasteiger partial charge in [0.05, 0.1) is 18.6 Å². The van der Waals surface area contributed by atoms with Crippen LogP contribution in [-0.4, -0.2) is 68.8 Å². The van der Waals surface area contributed by atoms with Crippen LogP contribution in [0.2, 0.25) is 0 Å². The second-order valence-corrected chi connectivity index (χ2v) is 7.68. The van der Waals surface area contributed by atoms with Gasteiger partial charge in [0.15, 0.2) is 0 Å². The number of carbonyl (C=O) groups excluding carboxylic acids is 3. The third-order valence-corrected chi connectivity index (χ3v) is 3.96. The summed E-state index contributed by atoms with van der Waals surface area (Å²) in [6, 6.07) is -1.32. The van der Waals surface area contributed by atoms with Gasteiger partial charge >= 0.3 is 18.2 Å². The highest BCUT2D eigenvalue weighted by Crippen LogP contribution is 2.35. The molecular formula is C12H12Cl3N3O5. The zero-order chi connectivity index (χ0) is 16.8. The average molecular weight is 385 g/mol. The minimum Gasteiger partial charge on any atom is -0.447 e. The Kier molecular flexibility index (Phi) is 4.24. The lowest BCUT2D eigenvalue weighted by Crippen LogP contribution is -2.56. The molecule has 1 aliphatic carbocycles. The van der Waals surface area contributed by atoms with Crippen LogP contribution in [0.4, 0.5) is 14.4 Å². The molecule has 0 aromatic heterocycles. The summed E-state index contributed by atoms with van der Waals surface area (Å²) >= 11 is 16.7. The van der Waals surface area contributed by atoms with Crippen LogP contribution < -0.4 is 0 Å². The number of cyclic esters (lactones) is 1. The molecule has 11 heteroatoms. The average Bonchev–Trinajstić information content (AvgIpc) is 3.17. The van der Waals surface area contributed by atoms with E-state index in [2.05, 4.69) is 0 Å². The molecule has 0 radical (unpaired) electrons. The van der Waals surface area contributed by atoms with Crippen molar-refractivity contribution < 1.29 is 23.9 Å². The standard InChI is InChI=1S/C12H12Cl3N3O5/c13-12(14,15)6-23-11(21)18-8-2-1-7(5-8)17(18)9(19)16-3-4-22-10(16)20/h1-2,7-8H,3-6H2. The predicted molar refractivity (Wildman–Crippen MR) is 80.1 cm³/mol. The van der Waals surface area contributed by atoms with E-state index in [0.29, 0.717) is 6.42 Å². The van der Waals surface area contributed by atoms with E-state index in [1.54, 1.807) is 12.2 Å². The summed E-state index contributed by atoms with van der Waals surface area (Å²) < 4.78 is 7.94. The Balaban J connectivity index is 1.75. The molecule has 3 rings (SSSR count). The van der Waals surface area contributed by atoms with Gasteiger partial charge in [-0.2, -0.15) is 0 Å². The molecule has 0 saturated carbocycles. The molecule has 2 aliphatic heterocycles. The third kappa shape index (κ3) is 3.15. The number of hydrazine groups is 1. The van der Waals surface area contributed by atoms with Gasteiger partial charge in [0.25, 0.3) is 0 Å². The number of imide groups is 1. The van der Waals surface area contributed by atoms with Crippen molar-refractivity contribution >= 4 is 53.0 Å². The van der Waals surface area contributed by atoms with E-state index in [0.717, 1.165) is 9.91 Å². The number of amides is 4. The molecule has 0 spiro atoms. The Bertz CT molecular complexity index is 579. The minimum absolute atomic E-state index is 0.125. The Labute approximate surface area is 146 Å². The number of hydrogen-bond donors (Lipinski definition) is 0. The Morgan fingerprint density at radius 3 is 2.48 bits per heavy atom. The van der Waals surface area contributed by atoms with Crippen LogP contribution in [0.15, 0.2) is 12.2 Å². The molecule has 2 atom stereocenters. The van der Waals surface area contributed by atoms with Crippen molar-refractivity contribution in [3.63, 3.8) is 0 Å². The van der Waals surface area contributed by atoms with Crippen LogP contribution in [0, 0.1) is 0 Å². The second kappa shape index (κ2) is 5.92. The molecule has 0 aromatic rings. The van der Waals surface area contributed by atoms with E-state index in [1.807, 2.05) is 0 Å². The van der Waals surface area contributed by atoms with Crippen molar-refractivity contribution in [3.8, 4) is 0 Å². The van der Waals surface area contributed by atoms with E-state index < -0.39 is 28.6 Å². The lowest BCUT2D eigenvalue weighted by molar-refractivity contribution is 0.00534. The topological polar surface area (TPSA) is 79.4 Å². The maximum Gasteiger partial charge on any atom is 0.429 e. The number of halogens is 3. The van der Waals surface area contributed by atoms with Gasteiger partial charge < -0.3 is 9.47 Å². The fraction of sp³-hybridized carbons (Fsp3) is 0.583. The zero-order valence-electron chi connectivity index (χ0n) is 11.7. The van der Waals surface area contributed by atoms with Crippen molar-refractivity contribution in [2.24, 2.45) is 0 Å². The zero-order valence-corrected chi connectivity index (χ0v) is 13.9. The summed E-state index contributed by atoms with van der Waals surface area (Å²) in [5, 5.41) is 2.31. The summed E-state index contributed by atoms with van der Waals surface area (Å²) in [6.45, 7) is -0.200. The van der Waals surface area contributed by atoms with Crippen LogP contribution in [0.3, 0.4) is 0 Å². The predicted octanol–water partition coefficient (Wildman–Crippen LogP) is 2.30. The number of fused-ring (bicyclic) bond motifs is 2. The molecule has 0 N–H and O–H groups in total. The highest BCUT2D eigenvalue weighted by atomic mass is 35.6. The van der Waals surface area contributed by atoms with Crippen LogP contribution >= 0.6 is 34.8 Å². The highest BCUT2D eigenvalue weighted by Gasteiger charge is 2.50. The maximum atomic E-state index is 12.6. The molecular weight excluding hydrogens is 373 g/mol. The Hall–Kier alpha value is -1.38. The summed E-state index contributed by atoms with van der Waals surface area (Å²) in [6.07, 6.45) is 2.54. The summed E-state index contributed by atoms with van der Waals surface area (Å²) in [4.78, 5) is 37.3. The van der Waals surface area contributed by atoms with Crippen LogP contribution in [0.1, 0.15) is 6.42 Å². The number of hydrogen-bond acceptors (Lipinski definition) is 5. The fourth-order valence-corrected chi connectivity index (χ4v) is 2.86. The smallest absolute Gasteiger partial charge is 0.429 e. The SMILES string of the molecule is O=C1OCCN1C(=O)N1C2C=CC(C2)N1C(=O)OCC(Cl)(Cl)Cl. The lowest BCUT2D eigenvalue weighted by atomic mass is 10.2. The van der Waals surface area contributed by atoms with Crippen LogP contribution in [-0.2, 0) is 9.47 Å². The molecule has 23 heavy (non-hydrogen) atoms. The lowest BCUT2D eigenvalue weighted by Gasteiger charge is -2.35. The van der Waals surface area contributed by atoms with Gasteiger partial charge in [-0.05, 0) is 6.42 Å². The van der Waals surface area contributed by atoms with Crippen molar-refractivity contribution in [2.45, 2.75) is 22.3 Å². The summed E-state index contributed by atoms with van der Waals surface area (Å²) in [5.41, 5.74) is 0. The molecule has 2 unspecified atom stereocenters. The number of urea groups is 1. The van der Waals surface area contributed by atoms with E-state index in [9.17, 15) is 14.4 Å². The van der Waals surface area contributed by atoms with E-state index >= 15 is 0 Å². The van der Waals surface area contributed by atoms with Crippen LogP contribution in [0.25, 0.3) is 0 Å². The van der Waals surface area contributed by atoms with E-state index in [1.165, 1.54) is 5.01 Å². The first-order chi connectivity index (χ1) is 10.8. The highest BCUT2D eigenvalue weighted by molar-refractivity contribution is 6.67. The largest absolute Gasteiger partial charge is 0.447 e. The first kappa shape index (κ1) is 16.5. The van der Waals surface area contributed by atoms with Gasteiger partial charge in [-0.1, -0.05) is 47.0 Å². The molecule has 2 heterocycles. The molecule has 2 bridgehead atoms. The molecule has 3 aliphatic rings. The fourth-order valence-electron chi connectivity index (χ4n) is 2.70. The first-order valence-corrected chi connectivity index (χ1v) is 7.90. The number of ether oxygens (including phenoxy) is 2. The molecule has 0 aromatic carbocycles. The number of carbonyl (C=O) groups is 3. The van der Waals surface area contributed by atoms with Crippen molar-refractivity contribution in [1.82, 2.24) is 14.9 Å². The van der Waals surface area contributed by atoms with Crippen LogP contribution in [0.5, 0.6) is 0 Å². The maximum absolute atomic E-state index is 12.6. The molecule has 4 amide bonds. The van der Waals surface area contributed by atoms with E-state index in [-0.39, 0.29) is 25.2 Å². The number of rotatable bonds is 1. The molecule has 2 fully saturated rings. The van der Waals surface area contributed by atoms with E-state index in [4.69, 9.17) is 44.3 Å². The van der Waals surface area contributed by atoms with Crippen molar-refractivity contribution in [3.05, 3.63) is 12.2 Å². The Morgan fingerprint density at radius 1 is 1.26 bits per heavy atom. The van der Waals surface area contributed by atoms with Gasteiger partial charge in [-0.25, -0.2) is 29.3 Å². The van der Waals surface area contributed by atoms with Crippen molar-refractivity contribution in [1.29, 1.82) is 0 Å². The number of alkyl halides is 3. The summed E-state index contributed by atoms with van der Waals surface area (Å²) in [5.74, 6) is 0. The second-order valence-electron chi connectivity index (χ2n) is 5.16. The van der Waals surface area contributed by atoms with Gasteiger partial charge in [0.2, 0.25) is 3.79 Å². The van der Waals surface area contributed by atoms with Crippen molar-refractivity contribution in [2.75, 3.05) is 19.8 Å². The normalized spacial score (nSPS) is 26.0. The first-order valence-electron chi connectivity index (χ1n) is 6.76. The third-order valence-electron chi connectivity index (χ3n) is 3.63. The van der Waals surface area contributed by atoms with Gasteiger partial charge in [0.1, 0.15) is 13.2 Å². The summed E-state index contributed by atoms with van der Waals surface area (Å²) in [7, 11) is 0. The Morgan fingerprint density at radius 2 is 1.91 bits per heavy atom. The van der Waals surface area contributed by atoms with Gasteiger partial charge in [-0.3, -0.25) is 0 Å². The van der Waals surface area contributed by atoms with Gasteiger partial charge in [-0.15, -0.1) is 0 Å². The molecule has 126 valence electrons. The number of nitrogens with zero attached hydrogens (tertiary/aromatic N) is 3. The molecule has 8 nitrogen and oxygen atoms in total. The minimum atomic E-state index is -1.75. The molecule has 2 saturated heterocycles. The quantitative estimate of drug-likeness (QED) is 0.512.